The minimum absolute atomic E-state index is 0.715. The Morgan fingerprint density at radius 1 is 1.27 bits per heavy atom. The fourth-order valence-corrected chi connectivity index (χ4v) is 2.35. The van der Waals surface area contributed by atoms with E-state index in [2.05, 4.69) is 43.8 Å². The van der Waals surface area contributed by atoms with Crippen LogP contribution in [0.4, 0.5) is 0 Å². The van der Waals surface area contributed by atoms with Crippen molar-refractivity contribution in [1.29, 1.82) is 0 Å². The maximum atomic E-state index is 5.63. The average molecular weight is 202 g/mol. The number of nitrogens with zero attached hydrogens (tertiary/aromatic N) is 1. The first-order valence-corrected chi connectivity index (χ1v) is 5.38. The summed E-state index contributed by atoms with van der Waals surface area (Å²) in [5.41, 5.74) is 11.0. The summed E-state index contributed by atoms with van der Waals surface area (Å²) in [6.45, 7) is 5.03. The highest BCUT2D eigenvalue weighted by molar-refractivity contribution is 5.87. The predicted molar refractivity (Wildman–Crippen MR) is 65.2 cm³/mol. The van der Waals surface area contributed by atoms with E-state index >= 15 is 0 Å². The van der Waals surface area contributed by atoms with Crippen molar-refractivity contribution in [2.24, 2.45) is 12.8 Å². The van der Waals surface area contributed by atoms with Gasteiger partial charge in [-0.25, -0.2) is 0 Å². The van der Waals surface area contributed by atoms with E-state index in [1.807, 2.05) is 0 Å². The maximum absolute atomic E-state index is 5.63. The van der Waals surface area contributed by atoms with Gasteiger partial charge in [-0.15, -0.1) is 0 Å². The molecule has 1 heterocycles. The maximum Gasteiger partial charge on any atom is 0.0485 e. The number of fused-ring (bicyclic) bond motifs is 1. The van der Waals surface area contributed by atoms with Gasteiger partial charge in [0.25, 0.3) is 0 Å². The van der Waals surface area contributed by atoms with Crippen molar-refractivity contribution in [2.75, 3.05) is 6.54 Å². The molecule has 0 fully saturated rings. The van der Waals surface area contributed by atoms with E-state index < -0.39 is 0 Å². The Morgan fingerprint density at radius 2 is 2.00 bits per heavy atom. The Labute approximate surface area is 90.7 Å². The number of nitrogens with two attached hydrogens (primary N) is 1. The van der Waals surface area contributed by atoms with Crippen LogP contribution in [-0.4, -0.2) is 11.1 Å². The van der Waals surface area contributed by atoms with Gasteiger partial charge in [-0.1, -0.05) is 6.07 Å². The van der Waals surface area contributed by atoms with Crippen molar-refractivity contribution < 1.29 is 0 Å². The van der Waals surface area contributed by atoms with E-state index in [9.17, 15) is 0 Å². The molecule has 0 radical (unpaired) electrons. The Bertz CT molecular complexity index is 495. The molecule has 0 bridgehead atoms. The third kappa shape index (κ3) is 1.65. The molecule has 0 atom stereocenters. The Hall–Kier alpha value is -1.28. The van der Waals surface area contributed by atoms with Crippen molar-refractivity contribution in [1.82, 2.24) is 4.57 Å². The van der Waals surface area contributed by atoms with Crippen LogP contribution in [0.5, 0.6) is 0 Å². The molecule has 0 aliphatic rings. The number of rotatable bonds is 2. The highest BCUT2D eigenvalue weighted by Gasteiger charge is 2.08. The van der Waals surface area contributed by atoms with Crippen molar-refractivity contribution in [2.45, 2.75) is 20.3 Å². The van der Waals surface area contributed by atoms with E-state index in [1.54, 1.807) is 0 Å². The molecule has 15 heavy (non-hydrogen) atoms. The second-order valence-corrected chi connectivity index (χ2v) is 4.28. The lowest BCUT2D eigenvalue weighted by Gasteiger charge is -2.03. The zero-order chi connectivity index (χ0) is 11.0. The molecule has 2 nitrogen and oxygen atoms in total. The first kappa shape index (κ1) is 10.2. The van der Waals surface area contributed by atoms with E-state index in [1.165, 1.54) is 27.6 Å². The molecule has 0 aliphatic carbocycles. The van der Waals surface area contributed by atoms with Gasteiger partial charge < -0.3 is 10.3 Å². The van der Waals surface area contributed by atoms with Gasteiger partial charge in [-0.2, -0.15) is 0 Å². The van der Waals surface area contributed by atoms with Gasteiger partial charge in [0.05, 0.1) is 0 Å². The van der Waals surface area contributed by atoms with Gasteiger partial charge in [0, 0.05) is 24.1 Å². The minimum Gasteiger partial charge on any atom is -0.350 e. The van der Waals surface area contributed by atoms with Crippen LogP contribution in [0.3, 0.4) is 0 Å². The SMILES string of the molecule is Cc1cc(C)c2c(CCN)cn(C)c2c1. The number of aryl methyl sites for hydroxylation is 3. The molecular formula is C13H18N2. The van der Waals surface area contributed by atoms with Gasteiger partial charge in [-0.05, 0) is 49.6 Å². The highest BCUT2D eigenvalue weighted by atomic mass is 14.9. The van der Waals surface area contributed by atoms with Crippen LogP contribution in [0, 0.1) is 13.8 Å². The molecular weight excluding hydrogens is 184 g/mol. The summed E-state index contributed by atoms with van der Waals surface area (Å²) in [6.07, 6.45) is 3.16. The zero-order valence-corrected chi connectivity index (χ0v) is 9.67. The number of hydrogen-bond donors (Lipinski definition) is 1. The fraction of sp³-hybridized carbons (Fsp3) is 0.385. The van der Waals surface area contributed by atoms with Crippen molar-refractivity contribution in [3.8, 4) is 0 Å². The molecule has 0 saturated carbocycles. The third-order valence-electron chi connectivity index (χ3n) is 2.92. The van der Waals surface area contributed by atoms with Crippen LogP contribution >= 0.6 is 0 Å². The molecule has 2 N–H and O–H groups in total. The van der Waals surface area contributed by atoms with Crippen LogP contribution in [0.15, 0.2) is 18.3 Å². The molecule has 1 aromatic heterocycles. The van der Waals surface area contributed by atoms with Crippen molar-refractivity contribution >= 4 is 10.9 Å². The number of aromatic nitrogens is 1. The van der Waals surface area contributed by atoms with Crippen LogP contribution in [0.25, 0.3) is 10.9 Å². The van der Waals surface area contributed by atoms with Gasteiger partial charge >= 0.3 is 0 Å². The molecule has 0 spiro atoms. The summed E-state index contributed by atoms with van der Waals surface area (Å²) < 4.78 is 2.19. The minimum atomic E-state index is 0.715. The van der Waals surface area contributed by atoms with E-state index in [4.69, 9.17) is 5.73 Å². The van der Waals surface area contributed by atoms with Crippen molar-refractivity contribution in [3.63, 3.8) is 0 Å². The summed E-state index contributed by atoms with van der Waals surface area (Å²) in [5.74, 6) is 0. The topological polar surface area (TPSA) is 30.9 Å². The first-order chi connectivity index (χ1) is 7.13. The zero-order valence-electron chi connectivity index (χ0n) is 9.67. The lowest BCUT2D eigenvalue weighted by Crippen LogP contribution is -2.02. The Kier molecular flexibility index (Phi) is 2.53. The first-order valence-electron chi connectivity index (χ1n) is 5.38. The molecule has 2 aromatic rings. The summed E-state index contributed by atoms with van der Waals surface area (Å²) >= 11 is 0. The Balaban J connectivity index is 2.75. The molecule has 0 amide bonds. The van der Waals surface area contributed by atoms with Gasteiger partial charge in [0.1, 0.15) is 0 Å². The number of hydrogen-bond acceptors (Lipinski definition) is 1. The van der Waals surface area contributed by atoms with Crippen LogP contribution in [-0.2, 0) is 13.5 Å². The second kappa shape index (κ2) is 3.70. The van der Waals surface area contributed by atoms with Gasteiger partial charge in [-0.3, -0.25) is 0 Å². The monoisotopic (exact) mass is 202 g/mol. The van der Waals surface area contributed by atoms with E-state index in [-0.39, 0.29) is 0 Å². The van der Waals surface area contributed by atoms with Crippen LogP contribution in [0.2, 0.25) is 0 Å². The summed E-state index contributed by atoms with van der Waals surface area (Å²) in [7, 11) is 2.10. The second-order valence-electron chi connectivity index (χ2n) is 4.28. The molecule has 2 rings (SSSR count). The lowest BCUT2D eigenvalue weighted by atomic mass is 10.0. The molecule has 0 saturated heterocycles. The van der Waals surface area contributed by atoms with Gasteiger partial charge in [0.2, 0.25) is 0 Å². The highest BCUT2D eigenvalue weighted by Crippen LogP contribution is 2.25. The van der Waals surface area contributed by atoms with E-state index in [0.717, 1.165) is 6.42 Å². The smallest absolute Gasteiger partial charge is 0.0485 e. The quantitative estimate of drug-likeness (QED) is 0.796. The van der Waals surface area contributed by atoms with Crippen molar-refractivity contribution in [3.05, 3.63) is 35.0 Å². The molecule has 80 valence electrons. The molecule has 0 unspecified atom stereocenters. The predicted octanol–water partition coefficient (Wildman–Crippen LogP) is 2.30. The third-order valence-corrected chi connectivity index (χ3v) is 2.92. The fourth-order valence-electron chi connectivity index (χ4n) is 2.35. The normalized spacial score (nSPS) is 11.2. The molecule has 0 aliphatic heterocycles. The van der Waals surface area contributed by atoms with Gasteiger partial charge in [0.15, 0.2) is 0 Å². The van der Waals surface area contributed by atoms with Crippen LogP contribution in [0.1, 0.15) is 16.7 Å². The van der Waals surface area contributed by atoms with Crippen LogP contribution < -0.4 is 5.73 Å². The summed E-state index contributed by atoms with van der Waals surface area (Å²) in [6, 6.07) is 4.48. The lowest BCUT2D eigenvalue weighted by molar-refractivity contribution is 0.929. The standard InChI is InChI=1S/C13H18N2/c1-9-6-10(2)13-11(4-5-14)8-15(3)12(13)7-9/h6-8H,4-5,14H2,1-3H3. The Morgan fingerprint density at radius 3 is 2.67 bits per heavy atom. The van der Waals surface area contributed by atoms with E-state index in [0.29, 0.717) is 6.54 Å². The summed E-state index contributed by atoms with van der Waals surface area (Å²) in [5, 5.41) is 1.38. The molecule has 2 heteroatoms. The molecule has 1 aromatic carbocycles. The number of benzene rings is 1. The summed E-state index contributed by atoms with van der Waals surface area (Å²) in [4.78, 5) is 0. The largest absolute Gasteiger partial charge is 0.350 e. The average Bonchev–Trinajstić information content (AvgIpc) is 2.44.